The fourth-order valence-corrected chi connectivity index (χ4v) is 4.44. The Bertz CT molecular complexity index is 1320. The van der Waals surface area contributed by atoms with E-state index in [-0.39, 0.29) is 21.9 Å². The van der Waals surface area contributed by atoms with Crippen molar-refractivity contribution in [3.05, 3.63) is 66.1 Å². The van der Waals surface area contributed by atoms with Gasteiger partial charge in [0.05, 0.1) is 13.7 Å². The highest BCUT2D eigenvalue weighted by molar-refractivity contribution is 7.91. The minimum Gasteiger partial charge on any atom is -0.497 e. The van der Waals surface area contributed by atoms with Crippen molar-refractivity contribution < 1.29 is 22.5 Å². The Hall–Kier alpha value is -3.68. The van der Waals surface area contributed by atoms with Crippen molar-refractivity contribution in [1.82, 2.24) is 25.1 Å². The van der Waals surface area contributed by atoms with Crippen LogP contribution in [0.2, 0.25) is 0 Å². The first kappa shape index (κ1) is 21.5. The number of amides is 1. The Morgan fingerprint density at radius 2 is 1.84 bits per heavy atom. The van der Waals surface area contributed by atoms with Gasteiger partial charge in [-0.1, -0.05) is 34.7 Å². The maximum atomic E-state index is 12.5. The Morgan fingerprint density at radius 1 is 1.09 bits per heavy atom. The molecule has 0 aliphatic rings. The maximum absolute atomic E-state index is 12.5. The summed E-state index contributed by atoms with van der Waals surface area (Å²) in [7, 11) is -2.44. The lowest BCUT2D eigenvalue weighted by Gasteiger charge is -2.00. The summed E-state index contributed by atoms with van der Waals surface area (Å²) in [5.74, 6) is 0.641. The molecule has 0 fully saturated rings. The first-order chi connectivity index (χ1) is 15.4. The van der Waals surface area contributed by atoms with Crippen LogP contribution in [0, 0.1) is 0 Å². The van der Waals surface area contributed by atoms with E-state index in [9.17, 15) is 13.2 Å². The summed E-state index contributed by atoms with van der Waals surface area (Å²) in [6.07, 6.45) is 0. The number of hydrogen-bond donors (Lipinski definition) is 2. The molecule has 0 saturated carbocycles. The lowest BCUT2D eigenvalue weighted by Crippen LogP contribution is -2.23. The Labute approximate surface area is 186 Å². The summed E-state index contributed by atoms with van der Waals surface area (Å²) in [5, 5.41) is 13.8. The van der Waals surface area contributed by atoms with Crippen LogP contribution in [0.15, 0.2) is 63.5 Å². The number of ether oxygens (including phenoxy) is 1. The fourth-order valence-electron chi connectivity index (χ4n) is 2.53. The monoisotopic (exact) mass is 472 g/mol. The smallest absolute Gasteiger partial charge is 0.270 e. The van der Waals surface area contributed by atoms with E-state index >= 15 is 0 Å². The van der Waals surface area contributed by atoms with E-state index in [1.807, 2.05) is 0 Å². The predicted octanol–water partition coefficient (Wildman–Crippen LogP) is 2.33. The van der Waals surface area contributed by atoms with Gasteiger partial charge in [0, 0.05) is 11.1 Å². The average molecular weight is 473 g/mol. The number of benzene rings is 2. The van der Waals surface area contributed by atoms with Gasteiger partial charge in [-0.05, 0) is 36.4 Å². The van der Waals surface area contributed by atoms with E-state index in [1.165, 1.54) is 0 Å². The normalized spacial score (nSPS) is 11.3. The number of anilines is 1. The molecule has 32 heavy (non-hydrogen) atoms. The third kappa shape index (κ3) is 4.96. The first-order valence-corrected chi connectivity index (χ1v) is 11.4. The molecule has 2 aromatic heterocycles. The van der Waals surface area contributed by atoms with Gasteiger partial charge in [-0.25, -0.2) is 8.42 Å². The maximum Gasteiger partial charge on any atom is 0.270 e. The molecule has 0 saturated heterocycles. The molecule has 2 aromatic carbocycles. The number of carbonyl (C=O) groups is 1. The number of rotatable bonds is 8. The predicted molar refractivity (Wildman–Crippen MR) is 115 cm³/mol. The standard InChI is InChI=1S/C19H16N6O5S2/c1-29-14-9-7-12(8-10-14)16-21-15(30-25-16)11-20-32(27,28)19-24-23-18(31-19)22-17(26)13-5-3-2-4-6-13/h2-10,20H,11H2,1H3,(H,22,23,26). The van der Waals surface area contributed by atoms with Crippen LogP contribution in [0.4, 0.5) is 5.13 Å². The van der Waals surface area contributed by atoms with Gasteiger partial charge in [0.2, 0.25) is 21.2 Å². The number of aromatic nitrogens is 4. The number of methoxy groups -OCH3 is 1. The molecule has 11 nitrogen and oxygen atoms in total. The van der Waals surface area contributed by atoms with Gasteiger partial charge in [0.25, 0.3) is 15.9 Å². The fraction of sp³-hybridized carbons (Fsp3) is 0.105. The zero-order valence-electron chi connectivity index (χ0n) is 16.5. The number of nitrogens with one attached hydrogen (secondary N) is 2. The molecule has 0 radical (unpaired) electrons. The second-order valence-electron chi connectivity index (χ2n) is 6.26. The van der Waals surface area contributed by atoms with Crippen molar-refractivity contribution in [3.8, 4) is 17.1 Å². The van der Waals surface area contributed by atoms with Crippen molar-refractivity contribution in [1.29, 1.82) is 0 Å². The molecule has 0 atom stereocenters. The quantitative estimate of drug-likeness (QED) is 0.368. The van der Waals surface area contributed by atoms with Crippen molar-refractivity contribution in [3.63, 3.8) is 0 Å². The SMILES string of the molecule is COc1ccc(-c2noc(CNS(=O)(=O)c3nnc(NC(=O)c4ccccc4)s3)n2)cc1. The van der Waals surface area contributed by atoms with Crippen molar-refractivity contribution in [2.24, 2.45) is 0 Å². The first-order valence-electron chi connectivity index (χ1n) is 9.11. The molecule has 0 aliphatic heterocycles. The van der Waals surface area contributed by atoms with Gasteiger partial charge in [-0.2, -0.15) is 9.71 Å². The molecule has 1 amide bonds. The number of sulfonamides is 1. The minimum atomic E-state index is -4.00. The summed E-state index contributed by atoms with van der Waals surface area (Å²) in [5.41, 5.74) is 1.10. The van der Waals surface area contributed by atoms with Crippen LogP contribution in [-0.4, -0.2) is 41.8 Å². The summed E-state index contributed by atoms with van der Waals surface area (Å²) in [4.78, 5) is 16.3. The summed E-state index contributed by atoms with van der Waals surface area (Å²) in [6.45, 7) is -0.239. The molecule has 0 bridgehead atoms. The second-order valence-corrected chi connectivity index (χ2v) is 9.18. The zero-order chi connectivity index (χ0) is 22.6. The summed E-state index contributed by atoms with van der Waals surface area (Å²) in [6, 6.07) is 15.5. The Balaban J connectivity index is 1.39. The molecule has 4 aromatic rings. The Kier molecular flexibility index (Phi) is 6.20. The summed E-state index contributed by atoms with van der Waals surface area (Å²) >= 11 is 0.720. The molecule has 164 valence electrons. The molecule has 0 unspecified atom stereocenters. The van der Waals surface area contributed by atoms with E-state index < -0.39 is 15.9 Å². The molecule has 0 spiro atoms. The number of carbonyl (C=O) groups excluding carboxylic acids is 1. The molecule has 2 heterocycles. The van der Waals surface area contributed by atoms with E-state index in [1.54, 1.807) is 61.7 Å². The number of hydrogen-bond acceptors (Lipinski definition) is 10. The van der Waals surface area contributed by atoms with Crippen LogP contribution in [0.3, 0.4) is 0 Å². The van der Waals surface area contributed by atoms with Crippen LogP contribution < -0.4 is 14.8 Å². The van der Waals surface area contributed by atoms with Crippen molar-refractivity contribution in [2.75, 3.05) is 12.4 Å². The molecule has 13 heteroatoms. The molecule has 0 aliphatic carbocycles. The van der Waals surface area contributed by atoms with E-state index in [0.717, 1.165) is 11.3 Å². The highest BCUT2D eigenvalue weighted by Gasteiger charge is 2.22. The third-order valence-electron chi connectivity index (χ3n) is 4.12. The lowest BCUT2D eigenvalue weighted by atomic mass is 10.2. The van der Waals surface area contributed by atoms with Gasteiger partial charge >= 0.3 is 0 Å². The largest absolute Gasteiger partial charge is 0.497 e. The number of nitrogens with zero attached hydrogens (tertiary/aromatic N) is 4. The van der Waals surface area contributed by atoms with Gasteiger partial charge in [-0.15, -0.1) is 10.2 Å². The topological polar surface area (TPSA) is 149 Å². The second kappa shape index (κ2) is 9.21. The van der Waals surface area contributed by atoms with Crippen LogP contribution >= 0.6 is 11.3 Å². The molecular formula is C19H16N6O5S2. The average Bonchev–Trinajstić information content (AvgIpc) is 3.49. The third-order valence-corrected chi connectivity index (χ3v) is 6.73. The van der Waals surface area contributed by atoms with Crippen LogP contribution in [0.25, 0.3) is 11.4 Å². The molecule has 2 N–H and O–H groups in total. The van der Waals surface area contributed by atoms with E-state index in [4.69, 9.17) is 9.26 Å². The minimum absolute atomic E-state index is 0.0545. The van der Waals surface area contributed by atoms with Gasteiger partial charge in [-0.3, -0.25) is 10.1 Å². The summed E-state index contributed by atoms with van der Waals surface area (Å²) < 4.78 is 37.2. The van der Waals surface area contributed by atoms with Gasteiger partial charge in [0.15, 0.2) is 0 Å². The highest BCUT2D eigenvalue weighted by atomic mass is 32.2. The highest BCUT2D eigenvalue weighted by Crippen LogP contribution is 2.22. The van der Waals surface area contributed by atoms with Crippen LogP contribution in [-0.2, 0) is 16.6 Å². The van der Waals surface area contributed by atoms with Crippen molar-refractivity contribution >= 4 is 32.4 Å². The van der Waals surface area contributed by atoms with Crippen LogP contribution in [0.5, 0.6) is 5.75 Å². The molecule has 4 rings (SSSR count). The lowest BCUT2D eigenvalue weighted by molar-refractivity contribution is 0.102. The van der Waals surface area contributed by atoms with E-state index in [0.29, 0.717) is 22.7 Å². The van der Waals surface area contributed by atoms with Crippen LogP contribution in [0.1, 0.15) is 16.2 Å². The zero-order valence-corrected chi connectivity index (χ0v) is 18.2. The molecular weight excluding hydrogens is 456 g/mol. The van der Waals surface area contributed by atoms with Gasteiger partial charge in [0.1, 0.15) is 5.75 Å². The Morgan fingerprint density at radius 3 is 2.56 bits per heavy atom. The van der Waals surface area contributed by atoms with Gasteiger partial charge < -0.3 is 9.26 Å². The van der Waals surface area contributed by atoms with E-state index in [2.05, 4.69) is 30.4 Å². The van der Waals surface area contributed by atoms with Crippen molar-refractivity contribution in [2.45, 2.75) is 10.9 Å².